The second-order valence-corrected chi connectivity index (χ2v) is 6.59. The van der Waals surface area contributed by atoms with Gasteiger partial charge in [-0.2, -0.15) is 0 Å². The lowest BCUT2D eigenvalue weighted by atomic mass is 10.1. The summed E-state index contributed by atoms with van der Waals surface area (Å²) in [6, 6.07) is 14.3. The Kier molecular flexibility index (Phi) is 7.60. The summed E-state index contributed by atoms with van der Waals surface area (Å²) in [5.74, 6) is 1.55. The van der Waals surface area contributed by atoms with Crippen LogP contribution >= 0.6 is 0 Å². The fourth-order valence-corrected chi connectivity index (χ4v) is 2.68. The first-order valence-corrected chi connectivity index (χ1v) is 10.0. The van der Waals surface area contributed by atoms with Gasteiger partial charge in [-0.25, -0.2) is 9.97 Å². The molecular weight excluding hydrogens is 380 g/mol. The molecule has 0 bridgehead atoms. The third-order valence-electron chi connectivity index (χ3n) is 4.07. The molecule has 7 nitrogen and oxygen atoms in total. The van der Waals surface area contributed by atoms with Gasteiger partial charge in [0.1, 0.15) is 0 Å². The molecule has 1 amide bonds. The molecule has 0 saturated heterocycles. The Morgan fingerprint density at radius 3 is 2.33 bits per heavy atom. The van der Waals surface area contributed by atoms with Crippen LogP contribution in [0.5, 0.6) is 11.5 Å². The number of hydrogen-bond acceptors (Lipinski definition) is 6. The summed E-state index contributed by atoms with van der Waals surface area (Å²) in [4.78, 5) is 21.0. The Hall–Kier alpha value is -3.61. The average molecular weight is 406 g/mol. The molecule has 0 saturated carbocycles. The van der Waals surface area contributed by atoms with E-state index in [-0.39, 0.29) is 5.91 Å². The van der Waals surface area contributed by atoms with Crippen molar-refractivity contribution in [3.8, 4) is 11.5 Å². The molecule has 0 aliphatic heterocycles. The summed E-state index contributed by atoms with van der Waals surface area (Å²) in [6.45, 7) is 5.28. The number of benzene rings is 2. The van der Waals surface area contributed by atoms with E-state index in [1.807, 2.05) is 32.0 Å². The standard InChI is InChI=1S/C23H26N4O3/c1-3-13-29-20-10-9-19(16-21(20)30-14-4-2)26-22(28)17-7-5-8-18(15-17)27-23-24-11-6-12-25-23/h5-12,15-16H,3-4,13-14H2,1-2H3,(H,26,28)(H,24,25,27). The van der Waals surface area contributed by atoms with E-state index in [4.69, 9.17) is 9.47 Å². The number of anilines is 3. The molecule has 0 radical (unpaired) electrons. The Bertz CT molecular complexity index is 964. The maximum absolute atomic E-state index is 12.8. The molecule has 30 heavy (non-hydrogen) atoms. The van der Waals surface area contributed by atoms with Crippen molar-refractivity contribution in [1.29, 1.82) is 0 Å². The maximum Gasteiger partial charge on any atom is 0.255 e. The molecule has 0 atom stereocenters. The molecule has 0 aliphatic carbocycles. The third kappa shape index (κ3) is 5.94. The van der Waals surface area contributed by atoms with Crippen molar-refractivity contribution in [3.05, 3.63) is 66.5 Å². The Balaban J connectivity index is 1.72. The first-order valence-electron chi connectivity index (χ1n) is 10.0. The summed E-state index contributed by atoms with van der Waals surface area (Å²) < 4.78 is 11.5. The van der Waals surface area contributed by atoms with E-state index in [9.17, 15) is 4.79 Å². The molecule has 0 aliphatic rings. The van der Waals surface area contributed by atoms with E-state index in [0.29, 0.717) is 41.9 Å². The first-order chi connectivity index (χ1) is 14.7. The molecule has 2 aromatic carbocycles. The van der Waals surface area contributed by atoms with Gasteiger partial charge in [0.2, 0.25) is 5.95 Å². The molecular formula is C23H26N4O3. The van der Waals surface area contributed by atoms with Gasteiger partial charge in [-0.05, 0) is 49.2 Å². The maximum atomic E-state index is 12.8. The molecule has 0 spiro atoms. The number of carbonyl (C=O) groups is 1. The summed E-state index contributed by atoms with van der Waals surface area (Å²) in [5, 5.41) is 6.00. The SMILES string of the molecule is CCCOc1ccc(NC(=O)c2cccc(Nc3ncccn3)c2)cc1OCCC. The highest BCUT2D eigenvalue weighted by Crippen LogP contribution is 2.31. The molecule has 3 aromatic rings. The van der Waals surface area contributed by atoms with Crippen LogP contribution in [0.4, 0.5) is 17.3 Å². The molecule has 3 rings (SSSR count). The second-order valence-electron chi connectivity index (χ2n) is 6.59. The van der Waals surface area contributed by atoms with Crippen molar-refractivity contribution in [2.75, 3.05) is 23.8 Å². The molecule has 1 heterocycles. The Labute approximate surface area is 176 Å². The number of nitrogens with one attached hydrogen (secondary N) is 2. The van der Waals surface area contributed by atoms with Crippen molar-refractivity contribution in [2.24, 2.45) is 0 Å². The number of ether oxygens (including phenoxy) is 2. The summed E-state index contributed by atoms with van der Waals surface area (Å²) in [6.07, 6.45) is 5.09. The number of hydrogen-bond donors (Lipinski definition) is 2. The van der Waals surface area contributed by atoms with E-state index in [0.717, 1.165) is 18.5 Å². The van der Waals surface area contributed by atoms with Gasteiger partial charge < -0.3 is 20.1 Å². The third-order valence-corrected chi connectivity index (χ3v) is 4.07. The van der Waals surface area contributed by atoms with Crippen LogP contribution in [-0.4, -0.2) is 29.1 Å². The number of amides is 1. The number of carbonyl (C=O) groups excluding carboxylic acids is 1. The number of rotatable bonds is 10. The predicted molar refractivity (Wildman–Crippen MR) is 118 cm³/mol. The molecule has 156 valence electrons. The first kappa shape index (κ1) is 21.1. The van der Waals surface area contributed by atoms with Crippen LogP contribution in [0.3, 0.4) is 0 Å². The van der Waals surface area contributed by atoms with Gasteiger partial charge in [0.25, 0.3) is 5.91 Å². The number of aromatic nitrogens is 2. The largest absolute Gasteiger partial charge is 0.490 e. The second kappa shape index (κ2) is 10.8. The van der Waals surface area contributed by atoms with Gasteiger partial charge in [0, 0.05) is 35.4 Å². The topological polar surface area (TPSA) is 85.4 Å². The fourth-order valence-electron chi connectivity index (χ4n) is 2.68. The fraction of sp³-hybridized carbons (Fsp3) is 0.261. The Morgan fingerprint density at radius 2 is 1.60 bits per heavy atom. The van der Waals surface area contributed by atoms with Crippen LogP contribution in [-0.2, 0) is 0 Å². The van der Waals surface area contributed by atoms with Crippen LogP contribution < -0.4 is 20.1 Å². The van der Waals surface area contributed by atoms with Gasteiger partial charge in [0.05, 0.1) is 13.2 Å². The van der Waals surface area contributed by atoms with Gasteiger partial charge in [-0.1, -0.05) is 19.9 Å². The van der Waals surface area contributed by atoms with Crippen LogP contribution in [0.1, 0.15) is 37.0 Å². The summed E-state index contributed by atoms with van der Waals surface area (Å²) in [5.41, 5.74) is 1.88. The van der Waals surface area contributed by atoms with Crippen LogP contribution in [0.15, 0.2) is 60.9 Å². The molecule has 0 unspecified atom stereocenters. The normalized spacial score (nSPS) is 10.3. The molecule has 0 fully saturated rings. The molecule has 2 N–H and O–H groups in total. The lowest BCUT2D eigenvalue weighted by Gasteiger charge is -2.14. The lowest BCUT2D eigenvalue weighted by Crippen LogP contribution is -2.12. The van der Waals surface area contributed by atoms with Crippen LogP contribution in [0, 0.1) is 0 Å². The van der Waals surface area contributed by atoms with E-state index in [1.54, 1.807) is 42.7 Å². The zero-order chi connectivity index (χ0) is 21.2. The average Bonchev–Trinajstić information content (AvgIpc) is 2.78. The van der Waals surface area contributed by atoms with Gasteiger partial charge in [-0.15, -0.1) is 0 Å². The zero-order valence-electron chi connectivity index (χ0n) is 17.2. The van der Waals surface area contributed by atoms with E-state index >= 15 is 0 Å². The molecule has 1 aromatic heterocycles. The predicted octanol–water partition coefficient (Wildman–Crippen LogP) is 5.05. The van der Waals surface area contributed by atoms with Crippen molar-refractivity contribution in [3.63, 3.8) is 0 Å². The van der Waals surface area contributed by atoms with Crippen LogP contribution in [0.2, 0.25) is 0 Å². The van der Waals surface area contributed by atoms with Crippen molar-refractivity contribution < 1.29 is 14.3 Å². The smallest absolute Gasteiger partial charge is 0.255 e. The van der Waals surface area contributed by atoms with E-state index in [2.05, 4.69) is 20.6 Å². The highest BCUT2D eigenvalue weighted by molar-refractivity contribution is 6.05. The quantitative estimate of drug-likeness (QED) is 0.490. The minimum Gasteiger partial charge on any atom is -0.490 e. The molecule has 7 heteroatoms. The Morgan fingerprint density at radius 1 is 0.867 bits per heavy atom. The lowest BCUT2D eigenvalue weighted by molar-refractivity contribution is 0.102. The van der Waals surface area contributed by atoms with Crippen molar-refractivity contribution >= 4 is 23.2 Å². The van der Waals surface area contributed by atoms with E-state index in [1.165, 1.54) is 0 Å². The van der Waals surface area contributed by atoms with Gasteiger partial charge in [0.15, 0.2) is 11.5 Å². The minimum absolute atomic E-state index is 0.226. The monoisotopic (exact) mass is 406 g/mol. The minimum atomic E-state index is -0.226. The number of nitrogens with zero attached hydrogens (tertiary/aromatic N) is 2. The summed E-state index contributed by atoms with van der Waals surface area (Å²) in [7, 11) is 0. The zero-order valence-corrected chi connectivity index (χ0v) is 17.2. The van der Waals surface area contributed by atoms with Gasteiger partial charge in [-0.3, -0.25) is 4.79 Å². The van der Waals surface area contributed by atoms with Crippen molar-refractivity contribution in [2.45, 2.75) is 26.7 Å². The summed E-state index contributed by atoms with van der Waals surface area (Å²) >= 11 is 0. The van der Waals surface area contributed by atoms with Gasteiger partial charge >= 0.3 is 0 Å². The highest BCUT2D eigenvalue weighted by Gasteiger charge is 2.11. The highest BCUT2D eigenvalue weighted by atomic mass is 16.5. The van der Waals surface area contributed by atoms with E-state index < -0.39 is 0 Å². The van der Waals surface area contributed by atoms with Crippen LogP contribution in [0.25, 0.3) is 0 Å². The van der Waals surface area contributed by atoms with Crippen molar-refractivity contribution in [1.82, 2.24) is 9.97 Å².